The van der Waals surface area contributed by atoms with E-state index in [4.69, 9.17) is 11.6 Å². The van der Waals surface area contributed by atoms with Crippen LogP contribution in [-0.2, 0) is 0 Å². The molecule has 0 saturated carbocycles. The monoisotopic (exact) mass is 288 g/mol. The van der Waals surface area contributed by atoms with Gasteiger partial charge in [-0.05, 0) is 43.3 Å². The van der Waals surface area contributed by atoms with Gasteiger partial charge >= 0.3 is 0 Å². The number of para-hydroxylation sites is 1. The van der Waals surface area contributed by atoms with Gasteiger partial charge in [-0.1, -0.05) is 41.9 Å². The molecular weight excluding hydrogens is 268 g/mol. The van der Waals surface area contributed by atoms with Crippen LogP contribution in [0.25, 0.3) is 0 Å². The Bertz CT molecular complexity index is 510. The van der Waals surface area contributed by atoms with E-state index in [0.29, 0.717) is 6.04 Å². The first-order valence-corrected chi connectivity index (χ1v) is 7.27. The number of rotatable bonds is 6. The van der Waals surface area contributed by atoms with E-state index >= 15 is 0 Å². The van der Waals surface area contributed by atoms with Crippen molar-refractivity contribution in [2.24, 2.45) is 0 Å². The second-order valence-electron chi connectivity index (χ2n) is 4.94. The molecular formula is C17H21ClN2. The quantitative estimate of drug-likeness (QED) is 0.860. The third kappa shape index (κ3) is 3.99. The first-order chi connectivity index (χ1) is 9.70. The number of nitrogens with one attached hydrogen (secondary N) is 1. The van der Waals surface area contributed by atoms with E-state index in [1.54, 1.807) is 0 Å². The summed E-state index contributed by atoms with van der Waals surface area (Å²) in [6.07, 6.45) is 1.05. The van der Waals surface area contributed by atoms with Crippen molar-refractivity contribution in [2.75, 3.05) is 25.5 Å². The van der Waals surface area contributed by atoms with Crippen LogP contribution in [0.15, 0.2) is 54.6 Å². The maximum Gasteiger partial charge on any atom is 0.0406 e. The normalized spacial score (nSPS) is 12.2. The molecule has 0 aliphatic carbocycles. The van der Waals surface area contributed by atoms with Crippen LogP contribution in [0.2, 0.25) is 5.02 Å². The third-order valence-electron chi connectivity index (χ3n) is 3.57. The lowest BCUT2D eigenvalue weighted by molar-refractivity contribution is 0.549. The Kier molecular flexibility index (Phi) is 5.45. The Morgan fingerprint density at radius 2 is 1.70 bits per heavy atom. The zero-order chi connectivity index (χ0) is 14.4. The minimum atomic E-state index is 0.346. The van der Waals surface area contributed by atoms with E-state index in [1.165, 1.54) is 11.3 Å². The lowest BCUT2D eigenvalue weighted by Crippen LogP contribution is -2.25. The number of nitrogens with zero attached hydrogens (tertiary/aromatic N) is 1. The smallest absolute Gasteiger partial charge is 0.0406 e. The minimum absolute atomic E-state index is 0.346. The van der Waals surface area contributed by atoms with E-state index in [1.807, 2.05) is 25.2 Å². The molecule has 1 atom stereocenters. The molecule has 3 heteroatoms. The molecule has 2 aromatic rings. The standard InChI is InChI=1S/C17H21ClN2/c1-19-17(14-8-10-15(18)11-9-14)12-13-20(2)16-6-4-3-5-7-16/h3-11,17,19H,12-13H2,1-2H3. The Morgan fingerprint density at radius 3 is 2.30 bits per heavy atom. The molecule has 2 rings (SSSR count). The molecule has 0 saturated heterocycles. The maximum absolute atomic E-state index is 5.94. The van der Waals surface area contributed by atoms with Gasteiger partial charge in [0.1, 0.15) is 0 Å². The van der Waals surface area contributed by atoms with Crippen LogP contribution in [0.3, 0.4) is 0 Å². The molecule has 106 valence electrons. The van der Waals surface area contributed by atoms with Crippen LogP contribution in [0, 0.1) is 0 Å². The molecule has 2 aromatic carbocycles. The van der Waals surface area contributed by atoms with Crippen molar-refractivity contribution in [3.8, 4) is 0 Å². The van der Waals surface area contributed by atoms with Gasteiger partial charge in [0, 0.05) is 30.3 Å². The third-order valence-corrected chi connectivity index (χ3v) is 3.82. The first-order valence-electron chi connectivity index (χ1n) is 6.89. The van der Waals surface area contributed by atoms with E-state index in [0.717, 1.165) is 18.0 Å². The Balaban J connectivity index is 1.95. The predicted octanol–water partition coefficient (Wildman–Crippen LogP) is 4.13. The molecule has 1 unspecified atom stereocenters. The van der Waals surface area contributed by atoms with Crippen LogP contribution in [-0.4, -0.2) is 20.6 Å². The highest BCUT2D eigenvalue weighted by Crippen LogP contribution is 2.20. The fraction of sp³-hybridized carbons (Fsp3) is 0.294. The Morgan fingerprint density at radius 1 is 1.05 bits per heavy atom. The predicted molar refractivity (Wildman–Crippen MR) is 87.6 cm³/mol. The number of halogens is 1. The summed E-state index contributed by atoms with van der Waals surface area (Å²) < 4.78 is 0. The molecule has 0 aromatic heterocycles. The van der Waals surface area contributed by atoms with Gasteiger partial charge in [0.2, 0.25) is 0 Å². The second-order valence-corrected chi connectivity index (χ2v) is 5.38. The lowest BCUT2D eigenvalue weighted by Gasteiger charge is -2.23. The highest BCUT2D eigenvalue weighted by atomic mass is 35.5. The van der Waals surface area contributed by atoms with Crippen LogP contribution in [0.1, 0.15) is 18.0 Å². The molecule has 0 aliphatic rings. The lowest BCUT2D eigenvalue weighted by atomic mass is 10.0. The molecule has 0 aliphatic heterocycles. The zero-order valence-corrected chi connectivity index (χ0v) is 12.8. The van der Waals surface area contributed by atoms with Gasteiger partial charge in [0.15, 0.2) is 0 Å². The molecule has 0 spiro atoms. The molecule has 0 fully saturated rings. The fourth-order valence-corrected chi connectivity index (χ4v) is 2.43. The summed E-state index contributed by atoms with van der Waals surface area (Å²) in [5.74, 6) is 0. The topological polar surface area (TPSA) is 15.3 Å². The van der Waals surface area contributed by atoms with Crippen LogP contribution in [0.4, 0.5) is 5.69 Å². The average Bonchev–Trinajstić information content (AvgIpc) is 2.50. The summed E-state index contributed by atoms with van der Waals surface area (Å²) in [7, 11) is 4.13. The average molecular weight is 289 g/mol. The molecule has 0 radical (unpaired) electrons. The zero-order valence-electron chi connectivity index (χ0n) is 12.0. The summed E-state index contributed by atoms with van der Waals surface area (Å²) >= 11 is 5.94. The summed E-state index contributed by atoms with van der Waals surface area (Å²) in [5, 5.41) is 4.16. The van der Waals surface area contributed by atoms with E-state index in [2.05, 4.69) is 53.7 Å². The highest BCUT2D eigenvalue weighted by Gasteiger charge is 2.10. The first kappa shape index (κ1) is 14.9. The van der Waals surface area contributed by atoms with Crippen molar-refractivity contribution in [1.29, 1.82) is 0 Å². The Labute approximate surface area is 126 Å². The van der Waals surface area contributed by atoms with Crippen molar-refractivity contribution in [3.63, 3.8) is 0 Å². The van der Waals surface area contributed by atoms with E-state index < -0.39 is 0 Å². The van der Waals surface area contributed by atoms with Crippen molar-refractivity contribution < 1.29 is 0 Å². The van der Waals surface area contributed by atoms with Crippen LogP contribution >= 0.6 is 11.6 Å². The summed E-state index contributed by atoms with van der Waals surface area (Å²) in [5.41, 5.74) is 2.52. The Hall–Kier alpha value is -1.51. The van der Waals surface area contributed by atoms with E-state index in [-0.39, 0.29) is 0 Å². The molecule has 2 nitrogen and oxygen atoms in total. The SMILES string of the molecule is CNC(CCN(C)c1ccccc1)c1ccc(Cl)cc1. The number of hydrogen-bond acceptors (Lipinski definition) is 2. The second kappa shape index (κ2) is 7.32. The molecule has 20 heavy (non-hydrogen) atoms. The van der Waals surface area contributed by atoms with Crippen molar-refractivity contribution in [2.45, 2.75) is 12.5 Å². The summed E-state index contributed by atoms with van der Waals surface area (Å²) in [4.78, 5) is 2.28. The summed E-state index contributed by atoms with van der Waals surface area (Å²) in [6, 6.07) is 18.9. The van der Waals surface area contributed by atoms with Gasteiger partial charge in [-0.15, -0.1) is 0 Å². The highest BCUT2D eigenvalue weighted by molar-refractivity contribution is 6.30. The largest absolute Gasteiger partial charge is 0.375 e. The van der Waals surface area contributed by atoms with Crippen LogP contribution in [0.5, 0.6) is 0 Å². The number of anilines is 1. The van der Waals surface area contributed by atoms with Gasteiger partial charge in [-0.3, -0.25) is 0 Å². The van der Waals surface area contributed by atoms with Gasteiger partial charge in [-0.25, -0.2) is 0 Å². The molecule has 0 bridgehead atoms. The van der Waals surface area contributed by atoms with E-state index in [9.17, 15) is 0 Å². The minimum Gasteiger partial charge on any atom is -0.375 e. The number of hydrogen-bond donors (Lipinski definition) is 1. The van der Waals surface area contributed by atoms with Gasteiger partial charge in [0.25, 0.3) is 0 Å². The van der Waals surface area contributed by atoms with Crippen molar-refractivity contribution in [1.82, 2.24) is 5.32 Å². The van der Waals surface area contributed by atoms with Crippen molar-refractivity contribution >= 4 is 17.3 Å². The van der Waals surface area contributed by atoms with Gasteiger partial charge < -0.3 is 10.2 Å². The number of benzene rings is 2. The van der Waals surface area contributed by atoms with Gasteiger partial charge in [0.05, 0.1) is 0 Å². The van der Waals surface area contributed by atoms with Crippen molar-refractivity contribution in [3.05, 3.63) is 65.2 Å². The van der Waals surface area contributed by atoms with Gasteiger partial charge in [-0.2, -0.15) is 0 Å². The molecule has 1 N–H and O–H groups in total. The van der Waals surface area contributed by atoms with Crippen LogP contribution < -0.4 is 10.2 Å². The molecule has 0 amide bonds. The summed E-state index contributed by atoms with van der Waals surface area (Å²) in [6.45, 7) is 0.998. The maximum atomic E-state index is 5.94. The molecule has 0 heterocycles. The fourth-order valence-electron chi connectivity index (χ4n) is 2.31.